The Balaban J connectivity index is 1.76. The van der Waals surface area contributed by atoms with Crippen LogP contribution in [-0.4, -0.2) is 15.7 Å². The highest BCUT2D eigenvalue weighted by atomic mass is 19.1. The first-order valence-corrected chi connectivity index (χ1v) is 7.78. The molecule has 0 spiro atoms. The number of hydrogen-bond acceptors (Lipinski definition) is 4. The van der Waals surface area contributed by atoms with E-state index >= 15 is 0 Å². The fourth-order valence-corrected chi connectivity index (χ4v) is 2.39. The summed E-state index contributed by atoms with van der Waals surface area (Å²) in [7, 11) is 0. The summed E-state index contributed by atoms with van der Waals surface area (Å²) in [6.45, 7) is 1.71. The lowest BCUT2D eigenvalue weighted by atomic mass is 10.1. The van der Waals surface area contributed by atoms with Crippen molar-refractivity contribution >= 4 is 11.6 Å². The minimum Gasteiger partial charge on any atom is -0.388 e. The molecule has 3 aromatic rings. The highest BCUT2D eigenvalue weighted by Gasteiger charge is 2.14. The molecule has 0 aliphatic carbocycles. The number of nitrogens with zero attached hydrogens (tertiary/aromatic N) is 2. The Morgan fingerprint density at radius 1 is 1.20 bits per heavy atom. The van der Waals surface area contributed by atoms with Crippen LogP contribution < -0.4 is 11.1 Å². The molecule has 0 unspecified atom stereocenters. The van der Waals surface area contributed by atoms with Gasteiger partial charge in [0.15, 0.2) is 0 Å². The standard InChI is InChI=1S/C18H16FN3O3/c1-2-12-5-3-4-6-15(12)20-16(23)11-22-18(24)25-17(21-22)13-7-9-14(19)10-8-13/h3-10H,2,11H2,1H3,(H,20,23). The van der Waals surface area contributed by atoms with Crippen molar-refractivity contribution in [2.24, 2.45) is 0 Å². The normalized spacial score (nSPS) is 10.6. The second-order valence-electron chi connectivity index (χ2n) is 5.40. The molecule has 0 saturated carbocycles. The molecular formula is C18H16FN3O3. The molecule has 0 atom stereocenters. The van der Waals surface area contributed by atoms with Crippen LogP contribution in [-0.2, 0) is 17.8 Å². The first-order chi connectivity index (χ1) is 12.1. The van der Waals surface area contributed by atoms with E-state index in [1.807, 2.05) is 25.1 Å². The first-order valence-electron chi connectivity index (χ1n) is 7.78. The van der Waals surface area contributed by atoms with Crippen LogP contribution in [0, 0.1) is 5.82 Å². The quantitative estimate of drug-likeness (QED) is 0.774. The van der Waals surface area contributed by atoms with Crippen LogP contribution in [0.4, 0.5) is 10.1 Å². The fraction of sp³-hybridized carbons (Fsp3) is 0.167. The predicted octanol–water partition coefficient (Wildman–Crippen LogP) is 2.84. The second-order valence-corrected chi connectivity index (χ2v) is 5.40. The molecule has 1 amide bonds. The van der Waals surface area contributed by atoms with E-state index < -0.39 is 11.6 Å². The number of carbonyl (C=O) groups is 1. The number of amides is 1. The molecular weight excluding hydrogens is 325 g/mol. The van der Waals surface area contributed by atoms with Crippen molar-refractivity contribution in [2.45, 2.75) is 19.9 Å². The van der Waals surface area contributed by atoms with E-state index in [-0.39, 0.29) is 18.3 Å². The average Bonchev–Trinajstić information content (AvgIpc) is 2.96. The Morgan fingerprint density at radius 3 is 2.64 bits per heavy atom. The van der Waals surface area contributed by atoms with Gasteiger partial charge in [-0.2, -0.15) is 4.68 Å². The van der Waals surface area contributed by atoms with Crippen LogP contribution in [0.2, 0.25) is 0 Å². The van der Waals surface area contributed by atoms with Gasteiger partial charge in [-0.25, -0.2) is 9.18 Å². The number of aryl methyl sites for hydroxylation is 1. The third kappa shape index (κ3) is 3.82. The minimum absolute atomic E-state index is 0.0340. The molecule has 1 heterocycles. The summed E-state index contributed by atoms with van der Waals surface area (Å²) in [6.07, 6.45) is 0.773. The van der Waals surface area contributed by atoms with Gasteiger partial charge < -0.3 is 9.73 Å². The summed E-state index contributed by atoms with van der Waals surface area (Å²) in [5.41, 5.74) is 2.15. The Bertz CT molecular complexity index is 945. The van der Waals surface area contributed by atoms with E-state index in [1.165, 1.54) is 24.3 Å². The van der Waals surface area contributed by atoms with Gasteiger partial charge in [-0.3, -0.25) is 4.79 Å². The average molecular weight is 341 g/mol. The molecule has 0 aliphatic rings. The van der Waals surface area contributed by atoms with Crippen molar-refractivity contribution in [3.8, 4) is 11.5 Å². The number of aromatic nitrogens is 2. The number of carbonyl (C=O) groups excluding carboxylic acids is 1. The molecule has 0 aliphatic heterocycles. The topological polar surface area (TPSA) is 77.1 Å². The highest BCUT2D eigenvalue weighted by molar-refractivity contribution is 5.91. The molecule has 1 N–H and O–H groups in total. The Kier molecular flexibility index (Phi) is 4.74. The van der Waals surface area contributed by atoms with Crippen molar-refractivity contribution in [1.29, 1.82) is 0 Å². The summed E-state index contributed by atoms with van der Waals surface area (Å²) < 4.78 is 18.9. The van der Waals surface area contributed by atoms with Crippen molar-refractivity contribution < 1.29 is 13.6 Å². The maximum absolute atomic E-state index is 13.0. The predicted molar refractivity (Wildman–Crippen MR) is 90.6 cm³/mol. The van der Waals surface area contributed by atoms with Gasteiger partial charge in [-0.15, -0.1) is 5.10 Å². The van der Waals surface area contributed by atoms with Crippen LogP contribution in [0.25, 0.3) is 11.5 Å². The van der Waals surface area contributed by atoms with Crippen molar-refractivity contribution in [3.63, 3.8) is 0 Å². The SMILES string of the molecule is CCc1ccccc1NC(=O)Cn1nc(-c2ccc(F)cc2)oc1=O. The molecule has 6 nitrogen and oxygen atoms in total. The van der Waals surface area contributed by atoms with Gasteiger partial charge >= 0.3 is 5.76 Å². The zero-order valence-corrected chi connectivity index (χ0v) is 13.5. The summed E-state index contributed by atoms with van der Waals surface area (Å²) >= 11 is 0. The summed E-state index contributed by atoms with van der Waals surface area (Å²) in [6, 6.07) is 12.8. The maximum atomic E-state index is 13.0. The molecule has 0 saturated heterocycles. The molecule has 3 rings (SSSR count). The molecule has 0 bridgehead atoms. The molecule has 0 fully saturated rings. The van der Waals surface area contributed by atoms with E-state index in [1.54, 1.807) is 6.07 Å². The fourth-order valence-electron chi connectivity index (χ4n) is 2.39. The lowest BCUT2D eigenvalue weighted by molar-refractivity contribution is -0.117. The van der Waals surface area contributed by atoms with Crippen LogP contribution in [0.1, 0.15) is 12.5 Å². The van der Waals surface area contributed by atoms with Gasteiger partial charge in [0.05, 0.1) is 0 Å². The van der Waals surface area contributed by atoms with Crippen LogP contribution in [0.15, 0.2) is 57.7 Å². The van der Waals surface area contributed by atoms with E-state index in [2.05, 4.69) is 10.4 Å². The monoisotopic (exact) mass is 341 g/mol. The maximum Gasteiger partial charge on any atom is 0.437 e. The van der Waals surface area contributed by atoms with E-state index in [9.17, 15) is 14.0 Å². The smallest absolute Gasteiger partial charge is 0.388 e. The summed E-state index contributed by atoms with van der Waals surface area (Å²) in [4.78, 5) is 24.1. The molecule has 25 heavy (non-hydrogen) atoms. The summed E-state index contributed by atoms with van der Waals surface area (Å²) in [5.74, 6) is -1.51. The first kappa shape index (κ1) is 16.6. The van der Waals surface area contributed by atoms with Gasteiger partial charge in [-0.05, 0) is 42.3 Å². The number of benzene rings is 2. The van der Waals surface area contributed by atoms with E-state index in [0.717, 1.165) is 16.7 Å². The zero-order chi connectivity index (χ0) is 17.8. The van der Waals surface area contributed by atoms with E-state index in [0.29, 0.717) is 11.3 Å². The third-order valence-corrected chi connectivity index (χ3v) is 3.66. The molecule has 2 aromatic carbocycles. The number of hydrogen-bond donors (Lipinski definition) is 1. The molecule has 128 valence electrons. The molecule has 1 aromatic heterocycles. The van der Waals surface area contributed by atoms with E-state index in [4.69, 9.17) is 4.42 Å². The number of nitrogens with one attached hydrogen (secondary N) is 1. The van der Waals surface area contributed by atoms with Crippen LogP contribution in [0.5, 0.6) is 0 Å². The molecule has 7 heteroatoms. The third-order valence-electron chi connectivity index (χ3n) is 3.66. The second kappa shape index (κ2) is 7.12. The minimum atomic E-state index is -0.752. The number of rotatable bonds is 5. The highest BCUT2D eigenvalue weighted by Crippen LogP contribution is 2.17. The number of halogens is 1. The lowest BCUT2D eigenvalue weighted by Crippen LogP contribution is -2.26. The number of para-hydroxylation sites is 1. The van der Waals surface area contributed by atoms with Crippen molar-refractivity contribution in [2.75, 3.05) is 5.32 Å². The Hall–Kier alpha value is -3.22. The van der Waals surface area contributed by atoms with Gasteiger partial charge in [0, 0.05) is 11.3 Å². The molecule has 0 radical (unpaired) electrons. The Labute approximate surface area is 142 Å². The van der Waals surface area contributed by atoms with Crippen molar-refractivity contribution in [3.05, 3.63) is 70.5 Å². The van der Waals surface area contributed by atoms with Gasteiger partial charge in [0.25, 0.3) is 0 Å². The Morgan fingerprint density at radius 2 is 1.92 bits per heavy atom. The number of anilines is 1. The van der Waals surface area contributed by atoms with Gasteiger partial charge in [0.1, 0.15) is 12.4 Å². The summed E-state index contributed by atoms with van der Waals surface area (Å²) in [5, 5.41) is 6.75. The lowest BCUT2D eigenvalue weighted by Gasteiger charge is -2.08. The van der Waals surface area contributed by atoms with Crippen LogP contribution >= 0.6 is 0 Å². The zero-order valence-electron chi connectivity index (χ0n) is 13.5. The van der Waals surface area contributed by atoms with Crippen LogP contribution in [0.3, 0.4) is 0 Å². The van der Waals surface area contributed by atoms with Gasteiger partial charge in [-0.1, -0.05) is 25.1 Å². The van der Waals surface area contributed by atoms with Crippen molar-refractivity contribution in [1.82, 2.24) is 9.78 Å². The largest absolute Gasteiger partial charge is 0.437 e. The van der Waals surface area contributed by atoms with Gasteiger partial charge in [0.2, 0.25) is 11.8 Å².